The predicted molar refractivity (Wildman–Crippen MR) is 37.6 cm³/mol. The molecule has 3 nitrogen and oxygen atoms in total. The summed E-state index contributed by atoms with van der Waals surface area (Å²) in [6, 6.07) is 0. The summed E-state index contributed by atoms with van der Waals surface area (Å²) in [5.74, 6) is -0.444. The minimum atomic E-state index is -0.925. The summed E-state index contributed by atoms with van der Waals surface area (Å²) in [5, 5.41) is 8.44. The summed E-state index contributed by atoms with van der Waals surface area (Å²) in [7, 11) is 0. The quantitative estimate of drug-likeness (QED) is 0.481. The number of aliphatic carboxylic acids is 1. The molecule has 1 N–H and O–H groups in total. The zero-order valence-corrected chi connectivity index (χ0v) is 6.47. The average molecular weight is 144 g/mol. The largest absolute Gasteiger partial charge is 0.498 e. The van der Waals surface area contributed by atoms with Crippen molar-refractivity contribution in [2.45, 2.75) is 20.8 Å². The molecule has 0 aromatic carbocycles. The fourth-order valence-corrected chi connectivity index (χ4v) is 0.475. The van der Waals surface area contributed by atoms with E-state index in [2.05, 4.69) is 0 Å². The number of hydrogen-bond acceptors (Lipinski definition) is 2. The first-order valence-electron chi connectivity index (χ1n) is 3.13. The van der Waals surface area contributed by atoms with Crippen molar-refractivity contribution in [3.8, 4) is 0 Å². The van der Waals surface area contributed by atoms with Crippen LogP contribution in [-0.4, -0.2) is 17.7 Å². The van der Waals surface area contributed by atoms with Gasteiger partial charge in [0.25, 0.3) is 0 Å². The minimum Gasteiger partial charge on any atom is -0.498 e. The van der Waals surface area contributed by atoms with Crippen molar-refractivity contribution in [1.82, 2.24) is 0 Å². The lowest BCUT2D eigenvalue weighted by atomic mass is 10.3. The van der Waals surface area contributed by atoms with Crippen LogP contribution in [0.15, 0.2) is 11.3 Å². The molecule has 0 saturated carbocycles. The van der Waals surface area contributed by atoms with Crippen molar-refractivity contribution in [1.29, 1.82) is 0 Å². The molecule has 10 heavy (non-hydrogen) atoms. The molecular weight excluding hydrogens is 132 g/mol. The molecule has 0 atom stereocenters. The van der Waals surface area contributed by atoms with Gasteiger partial charge in [0.2, 0.25) is 0 Å². The van der Waals surface area contributed by atoms with E-state index in [0.29, 0.717) is 12.4 Å². The van der Waals surface area contributed by atoms with Gasteiger partial charge in [-0.15, -0.1) is 0 Å². The highest BCUT2D eigenvalue weighted by Crippen LogP contribution is 2.03. The molecule has 0 bridgehead atoms. The number of rotatable bonds is 3. The first-order valence-corrected chi connectivity index (χ1v) is 3.13. The van der Waals surface area contributed by atoms with Gasteiger partial charge in [0.15, 0.2) is 0 Å². The van der Waals surface area contributed by atoms with E-state index < -0.39 is 5.97 Å². The number of hydrogen-bond donors (Lipinski definition) is 1. The first kappa shape index (κ1) is 9.01. The third-order valence-corrected chi connectivity index (χ3v) is 1.21. The second-order valence-corrected chi connectivity index (χ2v) is 1.92. The van der Waals surface area contributed by atoms with Crippen molar-refractivity contribution >= 4 is 5.97 Å². The summed E-state index contributed by atoms with van der Waals surface area (Å²) in [6.45, 7) is 5.50. The molecule has 0 unspecified atom stereocenters. The van der Waals surface area contributed by atoms with E-state index in [1.165, 1.54) is 6.92 Å². The summed E-state index contributed by atoms with van der Waals surface area (Å²) in [6.07, 6.45) is 0. The highest BCUT2D eigenvalue weighted by Gasteiger charge is 2.04. The van der Waals surface area contributed by atoms with Gasteiger partial charge in [-0.25, -0.2) is 4.79 Å². The van der Waals surface area contributed by atoms with Gasteiger partial charge in [-0.05, 0) is 20.8 Å². The summed E-state index contributed by atoms with van der Waals surface area (Å²) in [5.41, 5.74) is 0.266. The Labute approximate surface area is 60.3 Å². The van der Waals surface area contributed by atoms with Crippen LogP contribution in [0.5, 0.6) is 0 Å². The molecule has 0 rings (SSSR count). The van der Waals surface area contributed by atoms with E-state index in [1.54, 1.807) is 6.92 Å². The first-order chi connectivity index (χ1) is 4.59. The van der Waals surface area contributed by atoms with Crippen molar-refractivity contribution in [3.63, 3.8) is 0 Å². The van der Waals surface area contributed by atoms with Crippen molar-refractivity contribution in [3.05, 3.63) is 11.3 Å². The van der Waals surface area contributed by atoms with Crippen LogP contribution in [0.1, 0.15) is 20.8 Å². The van der Waals surface area contributed by atoms with Gasteiger partial charge in [-0.1, -0.05) is 0 Å². The number of allylic oxidation sites excluding steroid dienone is 1. The Morgan fingerprint density at radius 3 is 2.30 bits per heavy atom. The maximum Gasteiger partial charge on any atom is 0.334 e. The normalized spacial score (nSPS) is 12.3. The van der Waals surface area contributed by atoms with Gasteiger partial charge in [0.1, 0.15) is 5.76 Å². The SMILES string of the molecule is CCO/C(C)=C(/C)C(=O)O. The molecule has 0 fully saturated rings. The van der Waals surface area contributed by atoms with Crippen LogP contribution in [0, 0.1) is 0 Å². The Kier molecular flexibility index (Phi) is 3.54. The molecule has 58 valence electrons. The lowest BCUT2D eigenvalue weighted by Crippen LogP contribution is -2.01. The highest BCUT2D eigenvalue weighted by atomic mass is 16.5. The van der Waals surface area contributed by atoms with E-state index in [9.17, 15) is 4.79 Å². The van der Waals surface area contributed by atoms with E-state index in [1.807, 2.05) is 6.92 Å². The van der Waals surface area contributed by atoms with Gasteiger partial charge in [-0.2, -0.15) is 0 Å². The Bertz CT molecular complexity index is 158. The van der Waals surface area contributed by atoms with Crippen LogP contribution in [0.4, 0.5) is 0 Å². The zero-order chi connectivity index (χ0) is 8.15. The van der Waals surface area contributed by atoms with Crippen LogP contribution in [-0.2, 0) is 9.53 Å². The Morgan fingerprint density at radius 1 is 1.50 bits per heavy atom. The molecule has 0 amide bonds. The minimum absolute atomic E-state index is 0.266. The van der Waals surface area contributed by atoms with E-state index in [4.69, 9.17) is 9.84 Å². The average Bonchev–Trinajstić information content (AvgIpc) is 1.87. The van der Waals surface area contributed by atoms with Gasteiger partial charge >= 0.3 is 5.97 Å². The second-order valence-electron chi connectivity index (χ2n) is 1.92. The molecule has 0 aromatic heterocycles. The Balaban J connectivity index is 4.19. The van der Waals surface area contributed by atoms with E-state index in [-0.39, 0.29) is 5.57 Å². The molecule has 0 aliphatic rings. The smallest absolute Gasteiger partial charge is 0.334 e. The molecular formula is C7H12O3. The third-order valence-electron chi connectivity index (χ3n) is 1.21. The zero-order valence-electron chi connectivity index (χ0n) is 6.47. The van der Waals surface area contributed by atoms with Crippen LogP contribution < -0.4 is 0 Å². The molecule has 3 heteroatoms. The maximum atomic E-state index is 10.3. The standard InChI is InChI=1S/C7H12O3/c1-4-10-6(3)5(2)7(8)9/h4H2,1-3H3,(H,8,9)/b6-5-. The monoisotopic (exact) mass is 144 g/mol. The summed E-state index contributed by atoms with van der Waals surface area (Å²) in [4.78, 5) is 10.3. The van der Waals surface area contributed by atoms with Gasteiger partial charge in [-0.3, -0.25) is 0 Å². The Morgan fingerprint density at radius 2 is 2.00 bits per heavy atom. The van der Waals surface area contributed by atoms with E-state index >= 15 is 0 Å². The van der Waals surface area contributed by atoms with Crippen LogP contribution in [0.3, 0.4) is 0 Å². The number of carboxylic acids is 1. The fraction of sp³-hybridized carbons (Fsp3) is 0.571. The molecule has 0 heterocycles. The maximum absolute atomic E-state index is 10.3. The van der Waals surface area contributed by atoms with Gasteiger partial charge < -0.3 is 9.84 Å². The second kappa shape index (κ2) is 3.93. The fourth-order valence-electron chi connectivity index (χ4n) is 0.475. The lowest BCUT2D eigenvalue weighted by molar-refractivity contribution is -0.132. The predicted octanol–water partition coefficient (Wildman–Crippen LogP) is 1.40. The molecule has 0 radical (unpaired) electrons. The van der Waals surface area contributed by atoms with Crippen LogP contribution in [0.2, 0.25) is 0 Å². The summed E-state index contributed by atoms with van der Waals surface area (Å²) >= 11 is 0. The van der Waals surface area contributed by atoms with Crippen LogP contribution >= 0.6 is 0 Å². The lowest BCUT2D eigenvalue weighted by Gasteiger charge is -2.03. The topological polar surface area (TPSA) is 46.5 Å². The molecule has 0 saturated heterocycles. The van der Waals surface area contributed by atoms with Crippen molar-refractivity contribution < 1.29 is 14.6 Å². The van der Waals surface area contributed by atoms with Crippen molar-refractivity contribution in [2.24, 2.45) is 0 Å². The molecule has 0 aliphatic heterocycles. The molecule has 0 aliphatic carbocycles. The van der Waals surface area contributed by atoms with E-state index in [0.717, 1.165) is 0 Å². The van der Waals surface area contributed by atoms with Crippen LogP contribution in [0.25, 0.3) is 0 Å². The third kappa shape index (κ3) is 2.53. The van der Waals surface area contributed by atoms with Gasteiger partial charge in [0, 0.05) is 0 Å². The van der Waals surface area contributed by atoms with Crippen molar-refractivity contribution in [2.75, 3.05) is 6.61 Å². The molecule has 0 aromatic rings. The number of carboxylic acid groups (broad SMARTS) is 1. The number of ether oxygens (including phenoxy) is 1. The summed E-state index contributed by atoms with van der Waals surface area (Å²) < 4.78 is 4.96. The number of carbonyl (C=O) groups is 1. The van der Waals surface area contributed by atoms with Gasteiger partial charge in [0.05, 0.1) is 12.2 Å². The Hall–Kier alpha value is -0.990. The highest BCUT2D eigenvalue weighted by molar-refractivity contribution is 5.86. The molecule has 0 spiro atoms.